The number of aliphatic hydroxyl groups is 1. The van der Waals surface area contributed by atoms with Gasteiger partial charge in [-0.15, -0.1) is 0 Å². The molecule has 0 heterocycles. The molecule has 0 aromatic rings. The highest BCUT2D eigenvalue weighted by Gasteiger charge is 2.65. The Labute approximate surface area is 128 Å². The van der Waals surface area contributed by atoms with Crippen molar-refractivity contribution in [3.05, 3.63) is 0 Å². The fourth-order valence-corrected chi connectivity index (χ4v) is 4.89. The summed E-state index contributed by atoms with van der Waals surface area (Å²) < 4.78 is 5.25. The topological polar surface area (TPSA) is 63.6 Å². The second-order valence-corrected chi connectivity index (χ2v) is 7.27. The Kier molecular flexibility index (Phi) is 4.32. The number of ketones is 1. The molecular formula is C15H23BrO4. The van der Waals surface area contributed by atoms with Gasteiger partial charge >= 0.3 is 5.97 Å². The average molecular weight is 347 g/mol. The fraction of sp³-hybridized carbons (Fsp3) is 0.867. The Balaban J connectivity index is 2.48. The molecule has 1 N–H and O–H groups in total. The molecule has 20 heavy (non-hydrogen) atoms. The van der Waals surface area contributed by atoms with Gasteiger partial charge in [0.2, 0.25) is 0 Å². The van der Waals surface area contributed by atoms with E-state index in [1.165, 1.54) is 0 Å². The first-order valence-corrected chi connectivity index (χ1v) is 8.29. The number of hydrogen-bond donors (Lipinski definition) is 1. The van der Waals surface area contributed by atoms with Crippen LogP contribution in [0.15, 0.2) is 0 Å². The molecule has 2 rings (SSSR count). The maximum Gasteiger partial charge on any atom is 0.312 e. The second kappa shape index (κ2) is 5.41. The largest absolute Gasteiger partial charge is 0.466 e. The smallest absolute Gasteiger partial charge is 0.312 e. The van der Waals surface area contributed by atoms with Crippen LogP contribution in [0, 0.1) is 17.3 Å². The van der Waals surface area contributed by atoms with Crippen LogP contribution in [0.3, 0.4) is 0 Å². The molecule has 0 saturated heterocycles. The number of esters is 1. The van der Waals surface area contributed by atoms with Crippen molar-refractivity contribution in [2.45, 2.75) is 56.9 Å². The molecule has 5 atom stereocenters. The van der Waals surface area contributed by atoms with Gasteiger partial charge in [-0.3, -0.25) is 9.59 Å². The molecule has 5 heteroatoms. The van der Waals surface area contributed by atoms with Gasteiger partial charge in [-0.05, 0) is 32.6 Å². The van der Waals surface area contributed by atoms with Crippen molar-refractivity contribution >= 4 is 27.7 Å². The van der Waals surface area contributed by atoms with Crippen molar-refractivity contribution in [2.75, 3.05) is 6.61 Å². The molecule has 0 bridgehead atoms. The van der Waals surface area contributed by atoms with Gasteiger partial charge < -0.3 is 9.84 Å². The van der Waals surface area contributed by atoms with Crippen molar-refractivity contribution < 1.29 is 19.4 Å². The molecule has 0 spiro atoms. The van der Waals surface area contributed by atoms with E-state index in [1.54, 1.807) is 6.92 Å². The van der Waals surface area contributed by atoms with Crippen LogP contribution in [0.5, 0.6) is 0 Å². The van der Waals surface area contributed by atoms with E-state index in [0.717, 1.165) is 12.8 Å². The maximum absolute atomic E-state index is 12.5. The zero-order chi connectivity index (χ0) is 15.1. The van der Waals surface area contributed by atoms with Crippen LogP contribution < -0.4 is 0 Å². The van der Waals surface area contributed by atoms with E-state index in [2.05, 4.69) is 15.9 Å². The molecule has 0 aromatic heterocycles. The van der Waals surface area contributed by atoms with Gasteiger partial charge in [0.25, 0.3) is 0 Å². The molecule has 2 aliphatic rings. The van der Waals surface area contributed by atoms with Gasteiger partial charge in [0.15, 0.2) is 5.78 Å². The minimum absolute atomic E-state index is 0.170. The predicted octanol–water partition coefficient (Wildman–Crippen LogP) is 2.46. The molecule has 0 aliphatic heterocycles. The summed E-state index contributed by atoms with van der Waals surface area (Å²) in [6.45, 7) is 5.82. The molecule has 0 amide bonds. The van der Waals surface area contributed by atoms with Crippen LogP contribution >= 0.6 is 15.9 Å². The minimum atomic E-state index is -1.39. The number of Topliss-reactive ketones (excluding diaryl/α,β-unsaturated/α-hetero) is 1. The van der Waals surface area contributed by atoms with Crippen LogP contribution in [0.25, 0.3) is 0 Å². The molecule has 114 valence electrons. The summed E-state index contributed by atoms with van der Waals surface area (Å²) in [5.41, 5.74) is -2.21. The first kappa shape index (κ1) is 16.0. The number of halogens is 1. The number of ether oxygens (including phenoxy) is 1. The van der Waals surface area contributed by atoms with E-state index in [4.69, 9.17) is 4.74 Å². The van der Waals surface area contributed by atoms with E-state index in [0.29, 0.717) is 19.4 Å². The Morgan fingerprint density at radius 1 is 1.50 bits per heavy atom. The molecule has 0 unspecified atom stereocenters. The van der Waals surface area contributed by atoms with Crippen LogP contribution in [0.1, 0.15) is 46.5 Å². The highest BCUT2D eigenvalue weighted by molar-refractivity contribution is 9.10. The quantitative estimate of drug-likeness (QED) is 0.616. The first-order valence-electron chi connectivity index (χ1n) is 7.38. The number of rotatable bonds is 2. The van der Waals surface area contributed by atoms with Crippen molar-refractivity contribution in [1.82, 2.24) is 0 Å². The number of hydrogen-bond acceptors (Lipinski definition) is 4. The van der Waals surface area contributed by atoms with E-state index >= 15 is 0 Å². The summed E-state index contributed by atoms with van der Waals surface area (Å²) >= 11 is 3.39. The van der Waals surface area contributed by atoms with Crippen LogP contribution in [-0.4, -0.2) is 33.9 Å². The first-order chi connectivity index (χ1) is 9.30. The van der Waals surface area contributed by atoms with Crippen molar-refractivity contribution in [3.8, 4) is 0 Å². The fourth-order valence-electron chi connectivity index (χ4n) is 3.95. The number of fused-ring (bicyclic) bond motifs is 1. The lowest BCUT2D eigenvalue weighted by atomic mass is 9.51. The molecule has 2 saturated carbocycles. The van der Waals surface area contributed by atoms with Gasteiger partial charge in [-0.25, -0.2) is 0 Å². The van der Waals surface area contributed by atoms with Crippen LogP contribution in [-0.2, 0) is 14.3 Å². The SMILES string of the molecule is CCOC(=O)[C@]1(C)[C@H](C)[C@@H](Br)C(=O)[C@]2(O)CCCC[C@@H]12. The summed E-state index contributed by atoms with van der Waals surface area (Å²) in [4.78, 5) is 24.5. The number of carbonyl (C=O) groups is 2. The van der Waals surface area contributed by atoms with E-state index in [-0.39, 0.29) is 23.6 Å². The Bertz CT molecular complexity index is 424. The Hall–Kier alpha value is -0.420. The van der Waals surface area contributed by atoms with Gasteiger partial charge in [0, 0.05) is 5.92 Å². The molecule has 2 fully saturated rings. The summed E-state index contributed by atoms with van der Waals surface area (Å²) in [5.74, 6) is -1.01. The lowest BCUT2D eigenvalue weighted by molar-refractivity contribution is -0.191. The van der Waals surface area contributed by atoms with Gasteiger partial charge in [0.1, 0.15) is 5.60 Å². The molecular weight excluding hydrogens is 324 g/mol. The molecule has 0 aromatic carbocycles. The lowest BCUT2D eigenvalue weighted by Crippen LogP contribution is -2.66. The molecule has 2 aliphatic carbocycles. The number of alkyl halides is 1. The summed E-state index contributed by atoms with van der Waals surface area (Å²) in [6.07, 6.45) is 2.91. The van der Waals surface area contributed by atoms with E-state index < -0.39 is 15.8 Å². The average Bonchev–Trinajstić information content (AvgIpc) is 2.43. The third kappa shape index (κ3) is 2.05. The summed E-state index contributed by atoms with van der Waals surface area (Å²) in [5, 5.41) is 10.9. The van der Waals surface area contributed by atoms with Gasteiger partial charge in [0.05, 0.1) is 16.8 Å². The lowest BCUT2D eigenvalue weighted by Gasteiger charge is -2.55. The van der Waals surface area contributed by atoms with Crippen molar-refractivity contribution in [1.29, 1.82) is 0 Å². The minimum Gasteiger partial charge on any atom is -0.466 e. The normalized spacial score (nSPS) is 44.9. The van der Waals surface area contributed by atoms with E-state index in [9.17, 15) is 14.7 Å². The maximum atomic E-state index is 12.5. The van der Waals surface area contributed by atoms with Gasteiger partial charge in [-0.2, -0.15) is 0 Å². The Morgan fingerprint density at radius 3 is 2.75 bits per heavy atom. The monoisotopic (exact) mass is 346 g/mol. The number of carbonyl (C=O) groups excluding carboxylic acids is 2. The van der Waals surface area contributed by atoms with Crippen molar-refractivity contribution in [2.24, 2.45) is 17.3 Å². The van der Waals surface area contributed by atoms with E-state index in [1.807, 2.05) is 13.8 Å². The summed E-state index contributed by atoms with van der Waals surface area (Å²) in [7, 11) is 0. The highest BCUT2D eigenvalue weighted by Crippen LogP contribution is 2.56. The zero-order valence-electron chi connectivity index (χ0n) is 12.3. The highest BCUT2D eigenvalue weighted by atomic mass is 79.9. The third-order valence-corrected chi connectivity index (χ3v) is 6.59. The third-order valence-electron chi connectivity index (χ3n) is 5.38. The van der Waals surface area contributed by atoms with Gasteiger partial charge in [-0.1, -0.05) is 35.7 Å². The van der Waals surface area contributed by atoms with Crippen molar-refractivity contribution in [3.63, 3.8) is 0 Å². The zero-order valence-corrected chi connectivity index (χ0v) is 13.9. The molecule has 0 radical (unpaired) electrons. The summed E-state index contributed by atoms with van der Waals surface area (Å²) in [6, 6.07) is 0. The van der Waals surface area contributed by atoms with Crippen LogP contribution in [0.2, 0.25) is 0 Å². The van der Waals surface area contributed by atoms with Crippen LogP contribution in [0.4, 0.5) is 0 Å². The Morgan fingerprint density at radius 2 is 2.15 bits per heavy atom. The standard InChI is InChI=1S/C15H23BrO4/c1-4-20-13(18)14(3)9(2)11(16)12(17)15(19)8-6-5-7-10(14)15/h9-11,19H,4-8H2,1-3H3/t9-,10+,11-,14-,15+/m1/s1. The molecule has 4 nitrogen and oxygen atoms in total. The predicted molar refractivity (Wildman–Crippen MR) is 78.5 cm³/mol. The second-order valence-electron chi connectivity index (χ2n) is 6.28.